The van der Waals surface area contributed by atoms with Gasteiger partial charge in [0.15, 0.2) is 0 Å². The van der Waals surface area contributed by atoms with Crippen LogP contribution in [0.15, 0.2) is 24.3 Å². The predicted octanol–water partition coefficient (Wildman–Crippen LogP) is 2.79. The summed E-state index contributed by atoms with van der Waals surface area (Å²) in [7, 11) is 1.93. The highest BCUT2D eigenvalue weighted by Gasteiger charge is 2.08. The van der Waals surface area contributed by atoms with Crippen LogP contribution >= 0.6 is 0 Å². The number of benzene rings is 1. The molecule has 1 N–H and O–H groups in total. The first kappa shape index (κ1) is 11.6. The van der Waals surface area contributed by atoms with Gasteiger partial charge in [0, 0.05) is 30.5 Å². The van der Waals surface area contributed by atoms with Crippen molar-refractivity contribution in [3.8, 4) is 0 Å². The normalized spacial score (nSPS) is 10.6. The van der Waals surface area contributed by atoms with E-state index in [1.54, 1.807) is 12.1 Å². The SMILES string of the molecule is Cc1nn(C)c(C)c1CNc1ccc(F)cc1. The van der Waals surface area contributed by atoms with E-state index < -0.39 is 0 Å². The van der Waals surface area contributed by atoms with Crippen molar-refractivity contribution in [1.29, 1.82) is 0 Å². The van der Waals surface area contributed by atoms with E-state index in [1.165, 1.54) is 17.7 Å². The van der Waals surface area contributed by atoms with E-state index >= 15 is 0 Å². The summed E-state index contributed by atoms with van der Waals surface area (Å²) in [4.78, 5) is 0. The van der Waals surface area contributed by atoms with Crippen LogP contribution in [0, 0.1) is 19.7 Å². The molecule has 0 atom stereocenters. The van der Waals surface area contributed by atoms with Crippen LogP contribution in [0.5, 0.6) is 0 Å². The smallest absolute Gasteiger partial charge is 0.123 e. The highest BCUT2D eigenvalue weighted by Crippen LogP contribution is 2.15. The van der Waals surface area contributed by atoms with E-state index in [0.717, 1.165) is 17.1 Å². The molecule has 3 nitrogen and oxygen atoms in total. The monoisotopic (exact) mass is 233 g/mol. The van der Waals surface area contributed by atoms with E-state index in [9.17, 15) is 4.39 Å². The van der Waals surface area contributed by atoms with Crippen molar-refractivity contribution in [1.82, 2.24) is 9.78 Å². The van der Waals surface area contributed by atoms with Crippen LogP contribution in [-0.2, 0) is 13.6 Å². The zero-order valence-electron chi connectivity index (χ0n) is 10.3. The first-order chi connectivity index (χ1) is 8.08. The third-order valence-corrected chi connectivity index (χ3v) is 2.97. The number of aryl methyl sites for hydroxylation is 2. The van der Waals surface area contributed by atoms with Crippen LogP contribution in [0.25, 0.3) is 0 Å². The molecule has 0 fully saturated rings. The Bertz CT molecular complexity index is 514. The molecule has 0 aliphatic rings. The lowest BCUT2D eigenvalue weighted by Gasteiger charge is -2.06. The molecule has 2 aromatic rings. The number of halogens is 1. The maximum atomic E-state index is 12.7. The van der Waals surface area contributed by atoms with Crippen molar-refractivity contribution in [3.05, 3.63) is 47.0 Å². The predicted molar refractivity (Wildman–Crippen MR) is 66.4 cm³/mol. The average Bonchev–Trinajstić information content (AvgIpc) is 2.54. The third-order valence-electron chi connectivity index (χ3n) is 2.97. The van der Waals surface area contributed by atoms with Gasteiger partial charge in [-0.05, 0) is 38.1 Å². The van der Waals surface area contributed by atoms with E-state index in [1.807, 2.05) is 25.6 Å². The van der Waals surface area contributed by atoms with Crippen LogP contribution in [0.2, 0.25) is 0 Å². The van der Waals surface area contributed by atoms with E-state index in [0.29, 0.717) is 6.54 Å². The number of nitrogens with zero attached hydrogens (tertiary/aromatic N) is 2. The van der Waals surface area contributed by atoms with Gasteiger partial charge in [0.1, 0.15) is 5.82 Å². The molecule has 0 radical (unpaired) electrons. The van der Waals surface area contributed by atoms with Crippen LogP contribution in [0.4, 0.5) is 10.1 Å². The summed E-state index contributed by atoms with van der Waals surface area (Å²) < 4.78 is 14.6. The summed E-state index contributed by atoms with van der Waals surface area (Å²) in [5, 5.41) is 7.62. The molecule has 0 saturated heterocycles. The van der Waals surface area contributed by atoms with Gasteiger partial charge < -0.3 is 5.32 Å². The van der Waals surface area contributed by atoms with Crippen LogP contribution < -0.4 is 5.32 Å². The second-order valence-electron chi connectivity index (χ2n) is 4.13. The Morgan fingerprint density at radius 2 is 1.88 bits per heavy atom. The zero-order valence-corrected chi connectivity index (χ0v) is 10.3. The van der Waals surface area contributed by atoms with Gasteiger partial charge in [-0.25, -0.2) is 4.39 Å². The van der Waals surface area contributed by atoms with Gasteiger partial charge in [-0.1, -0.05) is 0 Å². The van der Waals surface area contributed by atoms with Gasteiger partial charge in [-0.15, -0.1) is 0 Å². The summed E-state index contributed by atoms with van der Waals surface area (Å²) in [6.07, 6.45) is 0. The van der Waals surface area contributed by atoms with Gasteiger partial charge in [-0.2, -0.15) is 5.10 Å². The maximum absolute atomic E-state index is 12.7. The van der Waals surface area contributed by atoms with Crippen molar-refractivity contribution in [3.63, 3.8) is 0 Å². The lowest BCUT2D eigenvalue weighted by atomic mass is 10.2. The second kappa shape index (κ2) is 4.57. The standard InChI is InChI=1S/C13H16FN3/c1-9-13(10(2)17(3)16-9)8-15-12-6-4-11(14)5-7-12/h4-7,15H,8H2,1-3H3. The molecule has 0 saturated carbocycles. The Balaban J connectivity index is 2.09. The van der Waals surface area contributed by atoms with Gasteiger partial charge in [0.25, 0.3) is 0 Å². The number of hydrogen-bond donors (Lipinski definition) is 1. The van der Waals surface area contributed by atoms with Crippen LogP contribution in [0.1, 0.15) is 17.0 Å². The fourth-order valence-corrected chi connectivity index (χ4v) is 1.83. The van der Waals surface area contributed by atoms with Gasteiger partial charge in [-0.3, -0.25) is 4.68 Å². The Labute approximate surface area is 100 Å². The summed E-state index contributed by atoms with van der Waals surface area (Å²) >= 11 is 0. The molecule has 2 rings (SSSR count). The Morgan fingerprint density at radius 1 is 1.24 bits per heavy atom. The molecule has 0 amide bonds. The van der Waals surface area contributed by atoms with E-state index in [-0.39, 0.29) is 5.82 Å². The Morgan fingerprint density at radius 3 is 2.41 bits per heavy atom. The summed E-state index contributed by atoms with van der Waals surface area (Å²) in [6.45, 7) is 4.74. The Kier molecular flexibility index (Phi) is 3.13. The lowest BCUT2D eigenvalue weighted by molar-refractivity contribution is 0.628. The van der Waals surface area contributed by atoms with Gasteiger partial charge in [0.05, 0.1) is 5.69 Å². The lowest BCUT2D eigenvalue weighted by Crippen LogP contribution is -2.02. The minimum absolute atomic E-state index is 0.218. The molecular weight excluding hydrogens is 217 g/mol. The number of aromatic nitrogens is 2. The van der Waals surface area contributed by atoms with Crippen molar-refractivity contribution in [2.75, 3.05) is 5.32 Å². The summed E-state index contributed by atoms with van der Waals surface area (Å²) in [6, 6.07) is 6.36. The fraction of sp³-hybridized carbons (Fsp3) is 0.308. The van der Waals surface area contributed by atoms with E-state index in [2.05, 4.69) is 10.4 Å². The molecule has 4 heteroatoms. The first-order valence-electron chi connectivity index (χ1n) is 5.56. The van der Waals surface area contributed by atoms with Crippen molar-refractivity contribution < 1.29 is 4.39 Å². The van der Waals surface area contributed by atoms with E-state index in [4.69, 9.17) is 0 Å². The summed E-state index contributed by atoms with van der Waals surface area (Å²) in [5.74, 6) is -0.218. The quantitative estimate of drug-likeness (QED) is 0.883. The van der Waals surface area contributed by atoms with Crippen molar-refractivity contribution in [2.45, 2.75) is 20.4 Å². The second-order valence-corrected chi connectivity index (χ2v) is 4.13. The summed E-state index contributed by atoms with van der Waals surface area (Å²) in [5.41, 5.74) is 4.28. The molecule has 0 bridgehead atoms. The Hall–Kier alpha value is -1.84. The average molecular weight is 233 g/mol. The largest absolute Gasteiger partial charge is 0.381 e. The van der Waals surface area contributed by atoms with Crippen LogP contribution in [0.3, 0.4) is 0 Å². The third kappa shape index (κ3) is 2.46. The molecule has 1 aromatic heterocycles. The minimum Gasteiger partial charge on any atom is -0.381 e. The molecule has 0 unspecified atom stereocenters. The highest BCUT2D eigenvalue weighted by molar-refractivity contribution is 5.44. The fourth-order valence-electron chi connectivity index (χ4n) is 1.83. The molecular formula is C13H16FN3. The van der Waals surface area contributed by atoms with Gasteiger partial charge in [0.2, 0.25) is 0 Å². The topological polar surface area (TPSA) is 29.9 Å². The minimum atomic E-state index is -0.218. The molecule has 1 heterocycles. The van der Waals surface area contributed by atoms with Gasteiger partial charge >= 0.3 is 0 Å². The number of hydrogen-bond acceptors (Lipinski definition) is 2. The van der Waals surface area contributed by atoms with Crippen LogP contribution in [-0.4, -0.2) is 9.78 Å². The molecule has 90 valence electrons. The maximum Gasteiger partial charge on any atom is 0.123 e. The highest BCUT2D eigenvalue weighted by atomic mass is 19.1. The number of rotatable bonds is 3. The zero-order chi connectivity index (χ0) is 12.4. The molecule has 0 spiro atoms. The number of nitrogens with one attached hydrogen (secondary N) is 1. The molecule has 0 aliphatic carbocycles. The molecule has 0 aliphatic heterocycles. The van der Waals surface area contributed by atoms with Crippen molar-refractivity contribution >= 4 is 5.69 Å². The van der Waals surface area contributed by atoms with Crippen molar-refractivity contribution in [2.24, 2.45) is 7.05 Å². The molecule has 17 heavy (non-hydrogen) atoms. The first-order valence-corrected chi connectivity index (χ1v) is 5.56. The molecule has 1 aromatic carbocycles. The number of anilines is 1.